The normalized spacial score (nSPS) is 11.4. The zero-order valence-corrected chi connectivity index (χ0v) is 11.4. The number of ether oxygens (including phenoxy) is 2. The quantitative estimate of drug-likeness (QED) is 0.649. The van der Waals surface area contributed by atoms with Crippen molar-refractivity contribution in [2.24, 2.45) is 5.10 Å². The summed E-state index contributed by atoms with van der Waals surface area (Å²) in [5.41, 5.74) is 2.05. The summed E-state index contributed by atoms with van der Waals surface area (Å²) in [7, 11) is 1.45. The van der Waals surface area contributed by atoms with Gasteiger partial charge in [0, 0.05) is 5.56 Å². The molecule has 0 aliphatic heterocycles. The second-order valence-corrected chi connectivity index (χ2v) is 4.77. The Morgan fingerprint density at radius 1 is 1.42 bits per heavy atom. The molecule has 0 aliphatic rings. The van der Waals surface area contributed by atoms with E-state index in [0.717, 1.165) is 0 Å². The van der Waals surface area contributed by atoms with Crippen molar-refractivity contribution in [1.29, 1.82) is 0 Å². The Kier molecular flexibility index (Phi) is 4.74. The van der Waals surface area contributed by atoms with Crippen LogP contribution in [0.1, 0.15) is 26.3 Å². The van der Waals surface area contributed by atoms with Crippen molar-refractivity contribution in [3.8, 4) is 11.5 Å². The topological polar surface area (TPSA) is 80.2 Å². The van der Waals surface area contributed by atoms with Crippen molar-refractivity contribution in [1.82, 2.24) is 5.43 Å². The number of nitrogens with zero attached hydrogens (tertiary/aromatic N) is 1. The molecule has 6 nitrogen and oxygen atoms in total. The minimum atomic E-state index is -0.661. The Balaban J connectivity index is 2.65. The Labute approximate surface area is 112 Å². The Morgan fingerprint density at radius 3 is 2.68 bits per heavy atom. The molecule has 0 atom stereocenters. The SMILES string of the molecule is COc1cccc(/C=N/NC(=O)OC(C)(C)C)c1O. The highest BCUT2D eigenvalue weighted by Gasteiger charge is 2.15. The number of hydrogen-bond donors (Lipinski definition) is 2. The van der Waals surface area contributed by atoms with Crippen molar-refractivity contribution in [3.63, 3.8) is 0 Å². The molecule has 1 aromatic rings. The molecule has 0 heterocycles. The molecule has 6 heteroatoms. The predicted octanol–water partition coefficient (Wildman–Crippen LogP) is 2.26. The zero-order chi connectivity index (χ0) is 14.5. The summed E-state index contributed by atoms with van der Waals surface area (Å²) < 4.78 is 9.96. The standard InChI is InChI=1S/C13H18N2O4/c1-13(2,3)19-12(17)15-14-8-9-6-5-7-10(18-4)11(9)16/h5-8,16H,1-4H3,(H,15,17)/b14-8+. The average molecular weight is 266 g/mol. The number of carbonyl (C=O) groups excluding carboxylic acids is 1. The fourth-order valence-electron chi connectivity index (χ4n) is 1.26. The molecule has 0 bridgehead atoms. The number of aromatic hydroxyl groups is 1. The van der Waals surface area contributed by atoms with Crippen LogP contribution in [0.4, 0.5) is 4.79 Å². The van der Waals surface area contributed by atoms with Crippen LogP contribution in [0.25, 0.3) is 0 Å². The van der Waals surface area contributed by atoms with Gasteiger partial charge in [-0.15, -0.1) is 0 Å². The molecule has 0 unspecified atom stereocenters. The molecule has 0 saturated heterocycles. The smallest absolute Gasteiger partial charge is 0.428 e. The molecule has 0 spiro atoms. The number of hydrogen-bond acceptors (Lipinski definition) is 5. The fraction of sp³-hybridized carbons (Fsp3) is 0.385. The number of methoxy groups -OCH3 is 1. The van der Waals surface area contributed by atoms with Gasteiger partial charge in [-0.2, -0.15) is 5.10 Å². The van der Waals surface area contributed by atoms with E-state index in [1.54, 1.807) is 39.0 Å². The molecular weight excluding hydrogens is 248 g/mol. The van der Waals surface area contributed by atoms with Crippen LogP contribution in [0.5, 0.6) is 11.5 Å². The summed E-state index contributed by atoms with van der Waals surface area (Å²) in [5.74, 6) is 0.293. The number of benzene rings is 1. The monoisotopic (exact) mass is 266 g/mol. The third-order valence-corrected chi connectivity index (χ3v) is 2.01. The second-order valence-electron chi connectivity index (χ2n) is 4.77. The number of nitrogens with one attached hydrogen (secondary N) is 1. The minimum Gasteiger partial charge on any atom is -0.504 e. The molecule has 104 valence electrons. The number of phenols is 1. The average Bonchev–Trinajstić information content (AvgIpc) is 2.29. The third kappa shape index (κ3) is 4.87. The summed E-state index contributed by atoms with van der Waals surface area (Å²) in [6.45, 7) is 5.26. The van der Waals surface area contributed by atoms with E-state index in [1.165, 1.54) is 13.3 Å². The van der Waals surface area contributed by atoms with Crippen LogP contribution in [-0.4, -0.2) is 30.1 Å². The number of rotatable bonds is 3. The molecule has 1 amide bonds. The van der Waals surface area contributed by atoms with Crippen LogP contribution in [0.15, 0.2) is 23.3 Å². The van der Waals surface area contributed by atoms with Crippen molar-refractivity contribution in [2.45, 2.75) is 26.4 Å². The molecular formula is C13H18N2O4. The first-order chi connectivity index (χ1) is 8.83. The van der Waals surface area contributed by atoms with Crippen LogP contribution in [0, 0.1) is 0 Å². The Bertz CT molecular complexity index is 478. The first-order valence-electron chi connectivity index (χ1n) is 5.71. The van der Waals surface area contributed by atoms with Crippen LogP contribution in [-0.2, 0) is 4.74 Å². The van der Waals surface area contributed by atoms with Crippen molar-refractivity contribution in [2.75, 3.05) is 7.11 Å². The maximum atomic E-state index is 11.3. The van der Waals surface area contributed by atoms with Crippen LogP contribution in [0.3, 0.4) is 0 Å². The summed E-state index contributed by atoms with van der Waals surface area (Å²) in [6, 6.07) is 4.96. The number of phenolic OH excluding ortho intramolecular Hbond substituents is 1. The molecule has 19 heavy (non-hydrogen) atoms. The van der Waals surface area contributed by atoms with E-state index in [1.807, 2.05) is 0 Å². The lowest BCUT2D eigenvalue weighted by Gasteiger charge is -2.18. The van der Waals surface area contributed by atoms with E-state index in [9.17, 15) is 9.90 Å². The molecule has 2 N–H and O–H groups in total. The van der Waals surface area contributed by atoms with Crippen molar-refractivity contribution >= 4 is 12.3 Å². The van der Waals surface area contributed by atoms with Gasteiger partial charge in [-0.3, -0.25) is 0 Å². The molecule has 0 radical (unpaired) electrons. The van der Waals surface area contributed by atoms with E-state index >= 15 is 0 Å². The minimum absolute atomic E-state index is 0.0419. The summed E-state index contributed by atoms with van der Waals surface area (Å²) in [4.78, 5) is 11.3. The van der Waals surface area contributed by atoms with Gasteiger partial charge in [0.15, 0.2) is 11.5 Å². The lowest BCUT2D eigenvalue weighted by Crippen LogP contribution is -2.29. The summed E-state index contributed by atoms with van der Waals surface area (Å²) >= 11 is 0. The largest absolute Gasteiger partial charge is 0.504 e. The van der Waals surface area contributed by atoms with Gasteiger partial charge in [-0.25, -0.2) is 10.2 Å². The Morgan fingerprint density at radius 2 is 2.11 bits per heavy atom. The van der Waals surface area contributed by atoms with Gasteiger partial charge < -0.3 is 14.6 Å². The second kappa shape index (κ2) is 6.08. The molecule has 0 saturated carbocycles. The van der Waals surface area contributed by atoms with E-state index in [-0.39, 0.29) is 5.75 Å². The number of carbonyl (C=O) groups is 1. The van der Waals surface area contributed by atoms with Crippen molar-refractivity contribution < 1.29 is 19.4 Å². The first kappa shape index (κ1) is 14.8. The van der Waals surface area contributed by atoms with Gasteiger partial charge in [0.2, 0.25) is 0 Å². The van der Waals surface area contributed by atoms with Crippen LogP contribution >= 0.6 is 0 Å². The molecule has 1 rings (SSSR count). The molecule has 0 aliphatic carbocycles. The number of hydrazone groups is 1. The van der Waals surface area contributed by atoms with Gasteiger partial charge in [0.1, 0.15) is 5.60 Å². The highest BCUT2D eigenvalue weighted by atomic mass is 16.6. The van der Waals surface area contributed by atoms with Gasteiger partial charge in [0.05, 0.1) is 13.3 Å². The lowest BCUT2D eigenvalue weighted by molar-refractivity contribution is 0.0529. The first-order valence-corrected chi connectivity index (χ1v) is 5.71. The fourth-order valence-corrected chi connectivity index (χ4v) is 1.26. The summed E-state index contributed by atoms with van der Waals surface area (Å²) in [5, 5.41) is 13.5. The lowest BCUT2D eigenvalue weighted by atomic mass is 10.2. The van der Waals surface area contributed by atoms with Crippen molar-refractivity contribution in [3.05, 3.63) is 23.8 Å². The van der Waals surface area contributed by atoms with Gasteiger partial charge in [-0.05, 0) is 32.9 Å². The van der Waals surface area contributed by atoms with Crippen LogP contribution < -0.4 is 10.2 Å². The maximum Gasteiger partial charge on any atom is 0.428 e. The highest BCUT2D eigenvalue weighted by Crippen LogP contribution is 2.27. The van der Waals surface area contributed by atoms with Crippen LogP contribution in [0.2, 0.25) is 0 Å². The maximum absolute atomic E-state index is 11.3. The van der Waals surface area contributed by atoms with E-state index < -0.39 is 11.7 Å². The van der Waals surface area contributed by atoms with Gasteiger partial charge >= 0.3 is 6.09 Å². The summed E-state index contributed by atoms with van der Waals surface area (Å²) in [6.07, 6.45) is 0.646. The number of amides is 1. The van der Waals surface area contributed by atoms with Gasteiger partial charge in [-0.1, -0.05) is 6.07 Å². The number of para-hydroxylation sites is 1. The molecule has 1 aromatic carbocycles. The van der Waals surface area contributed by atoms with E-state index in [4.69, 9.17) is 9.47 Å². The van der Waals surface area contributed by atoms with E-state index in [2.05, 4.69) is 10.5 Å². The molecule has 0 aromatic heterocycles. The van der Waals surface area contributed by atoms with Gasteiger partial charge in [0.25, 0.3) is 0 Å². The Hall–Kier alpha value is -2.24. The predicted molar refractivity (Wildman–Crippen MR) is 71.6 cm³/mol. The molecule has 0 fully saturated rings. The highest BCUT2D eigenvalue weighted by molar-refractivity contribution is 5.85. The third-order valence-electron chi connectivity index (χ3n) is 2.01. The van der Waals surface area contributed by atoms with E-state index in [0.29, 0.717) is 11.3 Å². The zero-order valence-electron chi connectivity index (χ0n) is 11.4.